The van der Waals surface area contributed by atoms with Crippen molar-refractivity contribution in [1.29, 1.82) is 0 Å². The standard InChI is InChI=1S/C22H15ClO2/c23-16-12-10-15(11-13-16)19(14-6-2-1-3-7-14)20-21(24)17-8-4-5-9-18(17)22(20)25/h1-13,19-20H. The maximum atomic E-state index is 13.0. The van der Waals surface area contributed by atoms with E-state index in [0.717, 1.165) is 11.1 Å². The van der Waals surface area contributed by atoms with Crippen LogP contribution in [0.25, 0.3) is 0 Å². The second kappa shape index (κ2) is 6.30. The van der Waals surface area contributed by atoms with Crippen molar-refractivity contribution in [3.63, 3.8) is 0 Å². The molecule has 0 spiro atoms. The Bertz CT molecular complexity index is 910. The van der Waals surface area contributed by atoms with Crippen molar-refractivity contribution in [1.82, 2.24) is 0 Å². The van der Waals surface area contributed by atoms with Crippen LogP contribution in [0.15, 0.2) is 78.9 Å². The number of Topliss-reactive ketones (excluding diaryl/α,β-unsaturated/α-hetero) is 2. The number of benzene rings is 3. The van der Waals surface area contributed by atoms with E-state index in [-0.39, 0.29) is 17.5 Å². The molecule has 3 aromatic carbocycles. The van der Waals surface area contributed by atoms with Crippen LogP contribution in [0.4, 0.5) is 0 Å². The van der Waals surface area contributed by atoms with Crippen LogP contribution >= 0.6 is 11.6 Å². The Balaban J connectivity index is 1.86. The van der Waals surface area contributed by atoms with Crippen molar-refractivity contribution in [2.24, 2.45) is 5.92 Å². The van der Waals surface area contributed by atoms with Gasteiger partial charge < -0.3 is 0 Å². The lowest BCUT2D eigenvalue weighted by molar-refractivity contribution is 0.0825. The molecular formula is C22H15ClO2. The number of halogens is 1. The summed E-state index contributed by atoms with van der Waals surface area (Å²) in [6.45, 7) is 0. The van der Waals surface area contributed by atoms with Crippen LogP contribution in [0.5, 0.6) is 0 Å². The number of fused-ring (bicyclic) bond motifs is 1. The number of rotatable bonds is 3. The van der Waals surface area contributed by atoms with Gasteiger partial charge in [0.2, 0.25) is 0 Å². The fourth-order valence-corrected chi connectivity index (χ4v) is 3.70. The molecule has 2 nitrogen and oxygen atoms in total. The van der Waals surface area contributed by atoms with E-state index in [9.17, 15) is 9.59 Å². The fraction of sp³-hybridized carbons (Fsp3) is 0.0909. The zero-order valence-corrected chi connectivity index (χ0v) is 14.1. The summed E-state index contributed by atoms with van der Waals surface area (Å²) in [6, 6.07) is 24.1. The summed E-state index contributed by atoms with van der Waals surface area (Å²) in [5.74, 6) is -1.28. The lowest BCUT2D eigenvalue weighted by atomic mass is 9.78. The average Bonchev–Trinajstić information content (AvgIpc) is 2.90. The minimum absolute atomic E-state index is 0.107. The molecule has 0 amide bonds. The topological polar surface area (TPSA) is 34.1 Å². The highest BCUT2D eigenvalue weighted by Gasteiger charge is 2.44. The molecule has 3 heteroatoms. The smallest absolute Gasteiger partial charge is 0.175 e. The van der Waals surface area contributed by atoms with Crippen LogP contribution in [-0.2, 0) is 0 Å². The van der Waals surface area contributed by atoms with Gasteiger partial charge in [0.05, 0.1) is 5.92 Å². The minimum Gasteiger partial charge on any atom is -0.293 e. The number of hydrogen-bond acceptors (Lipinski definition) is 2. The summed E-state index contributed by atoms with van der Waals surface area (Å²) in [7, 11) is 0. The van der Waals surface area contributed by atoms with Crippen molar-refractivity contribution in [3.8, 4) is 0 Å². The lowest BCUT2D eigenvalue weighted by Gasteiger charge is -2.22. The molecular weight excluding hydrogens is 332 g/mol. The van der Waals surface area contributed by atoms with E-state index >= 15 is 0 Å². The van der Waals surface area contributed by atoms with Crippen molar-refractivity contribution in [2.75, 3.05) is 0 Å². The molecule has 122 valence electrons. The summed E-state index contributed by atoms with van der Waals surface area (Å²) in [5.41, 5.74) is 2.90. The second-order valence-corrected chi connectivity index (χ2v) is 6.63. The third kappa shape index (κ3) is 2.69. The predicted molar refractivity (Wildman–Crippen MR) is 98.3 cm³/mol. The highest BCUT2D eigenvalue weighted by molar-refractivity contribution is 6.30. The van der Waals surface area contributed by atoms with Gasteiger partial charge in [-0.15, -0.1) is 0 Å². The first-order valence-corrected chi connectivity index (χ1v) is 8.52. The van der Waals surface area contributed by atoms with Crippen LogP contribution in [0, 0.1) is 5.92 Å². The molecule has 0 fully saturated rings. The van der Waals surface area contributed by atoms with Gasteiger partial charge in [-0.1, -0.05) is 78.3 Å². The Hall–Kier alpha value is -2.71. The predicted octanol–water partition coefficient (Wildman–Crippen LogP) is 5.17. The Labute approximate surface area is 151 Å². The highest BCUT2D eigenvalue weighted by Crippen LogP contribution is 2.40. The van der Waals surface area contributed by atoms with Gasteiger partial charge in [0.1, 0.15) is 0 Å². The van der Waals surface area contributed by atoms with E-state index in [2.05, 4.69) is 0 Å². The first-order valence-electron chi connectivity index (χ1n) is 8.14. The van der Waals surface area contributed by atoms with E-state index in [1.165, 1.54) is 0 Å². The molecule has 0 aliphatic heterocycles. The van der Waals surface area contributed by atoms with Crippen molar-refractivity contribution in [2.45, 2.75) is 5.92 Å². The van der Waals surface area contributed by atoms with Crippen molar-refractivity contribution in [3.05, 3.63) is 106 Å². The molecule has 1 aliphatic rings. The molecule has 0 aromatic heterocycles. The largest absolute Gasteiger partial charge is 0.293 e. The summed E-state index contributed by atoms with van der Waals surface area (Å²) in [4.78, 5) is 26.0. The SMILES string of the molecule is O=C1c2ccccc2C(=O)C1C(c1ccccc1)c1ccc(Cl)cc1. The summed E-state index contributed by atoms with van der Waals surface area (Å²) >= 11 is 6.02. The molecule has 1 aliphatic carbocycles. The van der Waals surface area contributed by atoms with Gasteiger partial charge in [-0.2, -0.15) is 0 Å². The molecule has 25 heavy (non-hydrogen) atoms. The molecule has 1 unspecified atom stereocenters. The zero-order valence-electron chi connectivity index (χ0n) is 13.4. The molecule has 0 saturated carbocycles. The first-order chi connectivity index (χ1) is 12.2. The van der Waals surface area contributed by atoms with Crippen LogP contribution < -0.4 is 0 Å². The van der Waals surface area contributed by atoms with E-state index < -0.39 is 5.92 Å². The Kier molecular flexibility index (Phi) is 3.98. The molecule has 4 rings (SSSR count). The minimum atomic E-state index is -0.735. The van der Waals surface area contributed by atoms with Gasteiger partial charge in [0.15, 0.2) is 11.6 Å². The molecule has 0 saturated heterocycles. The van der Waals surface area contributed by atoms with Gasteiger partial charge in [0, 0.05) is 22.1 Å². The first kappa shape index (κ1) is 15.8. The number of carbonyl (C=O) groups is 2. The van der Waals surface area contributed by atoms with Gasteiger partial charge in [-0.05, 0) is 23.3 Å². The van der Waals surface area contributed by atoms with Gasteiger partial charge in [-0.3, -0.25) is 9.59 Å². The Morgan fingerprint density at radius 2 is 1.12 bits per heavy atom. The molecule has 0 N–H and O–H groups in total. The molecule has 0 heterocycles. The third-order valence-electron chi connectivity index (χ3n) is 4.74. The molecule has 0 bridgehead atoms. The van der Waals surface area contributed by atoms with Crippen LogP contribution in [0.3, 0.4) is 0 Å². The normalized spacial score (nSPS) is 15.2. The number of ketones is 2. The number of carbonyl (C=O) groups excluding carboxylic acids is 2. The van der Waals surface area contributed by atoms with E-state index in [4.69, 9.17) is 11.6 Å². The summed E-state index contributed by atoms with van der Waals surface area (Å²) < 4.78 is 0. The fourth-order valence-electron chi connectivity index (χ4n) is 3.58. The quantitative estimate of drug-likeness (QED) is 0.613. The maximum absolute atomic E-state index is 13.0. The second-order valence-electron chi connectivity index (χ2n) is 6.19. The zero-order chi connectivity index (χ0) is 17.4. The van der Waals surface area contributed by atoms with Gasteiger partial charge >= 0.3 is 0 Å². The van der Waals surface area contributed by atoms with Gasteiger partial charge in [-0.25, -0.2) is 0 Å². The van der Waals surface area contributed by atoms with Crippen LogP contribution in [-0.4, -0.2) is 11.6 Å². The lowest BCUT2D eigenvalue weighted by Crippen LogP contribution is -2.24. The van der Waals surface area contributed by atoms with E-state index in [1.807, 2.05) is 42.5 Å². The van der Waals surface area contributed by atoms with Crippen LogP contribution in [0.2, 0.25) is 5.02 Å². The monoisotopic (exact) mass is 346 g/mol. The summed E-state index contributed by atoms with van der Waals surface area (Å²) in [5, 5.41) is 0.628. The molecule has 0 radical (unpaired) electrons. The van der Waals surface area contributed by atoms with Crippen LogP contribution in [0.1, 0.15) is 37.8 Å². The third-order valence-corrected chi connectivity index (χ3v) is 5.00. The Morgan fingerprint density at radius 3 is 1.68 bits per heavy atom. The Morgan fingerprint density at radius 1 is 0.640 bits per heavy atom. The van der Waals surface area contributed by atoms with Gasteiger partial charge in [0.25, 0.3) is 0 Å². The molecule has 3 aromatic rings. The number of hydrogen-bond donors (Lipinski definition) is 0. The highest BCUT2D eigenvalue weighted by atomic mass is 35.5. The summed E-state index contributed by atoms with van der Waals surface area (Å²) in [6.07, 6.45) is 0. The van der Waals surface area contributed by atoms with E-state index in [0.29, 0.717) is 16.1 Å². The average molecular weight is 347 g/mol. The maximum Gasteiger partial charge on any atom is 0.175 e. The van der Waals surface area contributed by atoms with Crippen molar-refractivity contribution < 1.29 is 9.59 Å². The molecule has 1 atom stereocenters. The van der Waals surface area contributed by atoms with Crippen molar-refractivity contribution >= 4 is 23.2 Å². The van der Waals surface area contributed by atoms with E-state index in [1.54, 1.807) is 36.4 Å².